The van der Waals surface area contributed by atoms with Crippen LogP contribution in [0, 0.1) is 0 Å². The molecule has 33 heavy (non-hydrogen) atoms. The zero-order chi connectivity index (χ0) is 23.6. The molecule has 0 fully saturated rings. The smallest absolute Gasteiger partial charge is 0.345 e. The largest absolute Gasteiger partial charge is 0.388 e. The SMILES string of the molecule is C[C@@H](CN[C@@H](CCC(N)=O)C(=O)OC(=O)c1ccc(-c2ccccc2)cc1)c1ccccc1. The van der Waals surface area contributed by atoms with Crippen LogP contribution in [0.15, 0.2) is 84.9 Å². The maximum Gasteiger partial charge on any atom is 0.345 e. The number of hydrogen-bond acceptors (Lipinski definition) is 5. The molecule has 6 heteroatoms. The number of ether oxygens (including phenoxy) is 1. The van der Waals surface area contributed by atoms with E-state index < -0.39 is 23.9 Å². The third kappa shape index (κ3) is 7.12. The number of benzene rings is 3. The van der Waals surface area contributed by atoms with Crippen LogP contribution in [-0.2, 0) is 14.3 Å². The number of carbonyl (C=O) groups excluding carboxylic acids is 3. The van der Waals surface area contributed by atoms with Gasteiger partial charge in [0.2, 0.25) is 5.91 Å². The highest BCUT2D eigenvalue weighted by molar-refractivity contribution is 5.98. The van der Waals surface area contributed by atoms with Crippen molar-refractivity contribution in [2.24, 2.45) is 5.73 Å². The van der Waals surface area contributed by atoms with Crippen molar-refractivity contribution >= 4 is 17.8 Å². The monoisotopic (exact) mass is 444 g/mol. The Hall–Kier alpha value is -3.77. The van der Waals surface area contributed by atoms with Gasteiger partial charge in [-0.25, -0.2) is 9.59 Å². The fourth-order valence-electron chi connectivity index (χ4n) is 3.46. The van der Waals surface area contributed by atoms with E-state index in [4.69, 9.17) is 10.5 Å². The maximum absolute atomic E-state index is 12.7. The Labute approximate surface area is 193 Å². The van der Waals surface area contributed by atoms with Gasteiger partial charge < -0.3 is 15.8 Å². The summed E-state index contributed by atoms with van der Waals surface area (Å²) in [6.07, 6.45) is 0.155. The summed E-state index contributed by atoms with van der Waals surface area (Å²) in [4.78, 5) is 36.5. The molecule has 6 nitrogen and oxygen atoms in total. The van der Waals surface area contributed by atoms with Crippen molar-refractivity contribution in [2.45, 2.75) is 31.7 Å². The second-order valence-electron chi connectivity index (χ2n) is 7.93. The molecule has 0 bridgehead atoms. The van der Waals surface area contributed by atoms with E-state index in [1.807, 2.05) is 67.6 Å². The normalized spacial score (nSPS) is 12.5. The van der Waals surface area contributed by atoms with Crippen LogP contribution in [-0.4, -0.2) is 30.4 Å². The van der Waals surface area contributed by atoms with Gasteiger partial charge in [-0.3, -0.25) is 4.79 Å². The highest BCUT2D eigenvalue weighted by Gasteiger charge is 2.24. The van der Waals surface area contributed by atoms with Gasteiger partial charge in [0.1, 0.15) is 6.04 Å². The van der Waals surface area contributed by atoms with Crippen LogP contribution in [0.2, 0.25) is 0 Å². The lowest BCUT2D eigenvalue weighted by molar-refractivity contribution is -0.140. The minimum atomic E-state index is -0.823. The van der Waals surface area contributed by atoms with E-state index in [0.717, 1.165) is 16.7 Å². The van der Waals surface area contributed by atoms with Crippen molar-refractivity contribution in [3.8, 4) is 11.1 Å². The van der Waals surface area contributed by atoms with Crippen LogP contribution in [0.3, 0.4) is 0 Å². The maximum atomic E-state index is 12.7. The average molecular weight is 445 g/mol. The predicted octanol–water partition coefficient (Wildman–Crippen LogP) is 4.06. The first-order chi connectivity index (χ1) is 15.9. The second kappa shape index (κ2) is 11.7. The standard InChI is InChI=1S/C27H28N2O4/c1-19(20-8-4-2-5-9-20)18-29-24(16-17-25(28)30)27(32)33-26(31)23-14-12-22(13-15-23)21-10-6-3-7-11-21/h2-15,19,24,29H,16-18H2,1H3,(H2,28,30)/t19-,24-/m0/s1. The van der Waals surface area contributed by atoms with Crippen LogP contribution in [0.5, 0.6) is 0 Å². The van der Waals surface area contributed by atoms with Gasteiger partial charge in [0.25, 0.3) is 0 Å². The van der Waals surface area contributed by atoms with E-state index in [9.17, 15) is 14.4 Å². The van der Waals surface area contributed by atoms with E-state index in [-0.39, 0.29) is 24.3 Å². The molecule has 3 rings (SSSR count). The second-order valence-corrected chi connectivity index (χ2v) is 7.93. The number of carbonyl (C=O) groups is 3. The minimum absolute atomic E-state index is 0.00640. The quantitative estimate of drug-likeness (QED) is 0.363. The Morgan fingerprint density at radius 3 is 2.03 bits per heavy atom. The highest BCUT2D eigenvalue weighted by atomic mass is 16.6. The van der Waals surface area contributed by atoms with E-state index in [1.54, 1.807) is 24.3 Å². The van der Waals surface area contributed by atoms with Gasteiger partial charge in [0.15, 0.2) is 0 Å². The topological polar surface area (TPSA) is 98.5 Å². The molecular weight excluding hydrogens is 416 g/mol. The van der Waals surface area contributed by atoms with E-state index in [1.165, 1.54) is 0 Å². The Morgan fingerprint density at radius 1 is 0.848 bits per heavy atom. The molecular formula is C27H28N2O4. The Bertz CT molecular complexity index is 1070. The van der Waals surface area contributed by atoms with E-state index in [2.05, 4.69) is 5.32 Å². The molecule has 2 atom stereocenters. The summed E-state index contributed by atoms with van der Waals surface area (Å²) in [7, 11) is 0. The number of primary amides is 1. The summed E-state index contributed by atoms with van der Waals surface area (Å²) in [5.41, 5.74) is 8.62. The molecule has 1 amide bonds. The lowest BCUT2D eigenvalue weighted by Crippen LogP contribution is -2.41. The van der Waals surface area contributed by atoms with E-state index >= 15 is 0 Å². The van der Waals surface area contributed by atoms with Gasteiger partial charge in [-0.15, -0.1) is 0 Å². The third-order valence-corrected chi connectivity index (χ3v) is 5.42. The molecule has 170 valence electrons. The minimum Gasteiger partial charge on any atom is -0.388 e. The number of amides is 1. The van der Waals surface area contributed by atoms with Gasteiger partial charge in [0.05, 0.1) is 5.56 Å². The van der Waals surface area contributed by atoms with Gasteiger partial charge in [-0.2, -0.15) is 0 Å². The van der Waals surface area contributed by atoms with Crippen LogP contribution >= 0.6 is 0 Å². The Morgan fingerprint density at radius 2 is 1.42 bits per heavy atom. The van der Waals surface area contributed by atoms with Crippen LogP contribution in [0.1, 0.15) is 41.6 Å². The number of rotatable bonds is 10. The summed E-state index contributed by atoms with van der Waals surface area (Å²) in [5, 5.41) is 3.13. The zero-order valence-corrected chi connectivity index (χ0v) is 18.6. The molecule has 0 saturated carbocycles. The first-order valence-corrected chi connectivity index (χ1v) is 10.9. The lowest BCUT2D eigenvalue weighted by atomic mass is 10.0. The molecule has 0 spiro atoms. The highest BCUT2D eigenvalue weighted by Crippen LogP contribution is 2.20. The van der Waals surface area contributed by atoms with Crippen LogP contribution < -0.4 is 11.1 Å². The average Bonchev–Trinajstić information content (AvgIpc) is 2.84. The predicted molar refractivity (Wildman–Crippen MR) is 127 cm³/mol. The van der Waals surface area contributed by atoms with E-state index in [0.29, 0.717) is 6.54 Å². The summed E-state index contributed by atoms with van der Waals surface area (Å²) in [6, 6.07) is 25.7. The number of nitrogens with two attached hydrogens (primary N) is 1. The zero-order valence-electron chi connectivity index (χ0n) is 18.6. The molecule has 0 aliphatic heterocycles. The number of esters is 2. The van der Waals surface area contributed by atoms with Crippen molar-refractivity contribution < 1.29 is 19.1 Å². The third-order valence-electron chi connectivity index (χ3n) is 5.42. The van der Waals surface area contributed by atoms with Crippen molar-refractivity contribution in [3.63, 3.8) is 0 Å². The molecule has 0 aliphatic carbocycles. The Balaban J connectivity index is 1.62. The van der Waals surface area contributed by atoms with Gasteiger partial charge >= 0.3 is 11.9 Å². The van der Waals surface area contributed by atoms with Crippen molar-refractivity contribution in [1.82, 2.24) is 5.32 Å². The van der Waals surface area contributed by atoms with Crippen molar-refractivity contribution in [3.05, 3.63) is 96.1 Å². The molecule has 3 N–H and O–H groups in total. The first kappa shape index (κ1) is 23.9. The summed E-state index contributed by atoms with van der Waals surface area (Å²) in [6.45, 7) is 2.50. The van der Waals surface area contributed by atoms with Crippen LogP contribution in [0.4, 0.5) is 0 Å². The molecule has 0 radical (unpaired) electrons. The molecule has 0 aromatic heterocycles. The molecule has 3 aromatic rings. The molecule has 0 aliphatic rings. The van der Waals surface area contributed by atoms with Gasteiger partial charge in [-0.1, -0.05) is 79.7 Å². The van der Waals surface area contributed by atoms with Gasteiger partial charge in [-0.05, 0) is 41.2 Å². The lowest BCUT2D eigenvalue weighted by Gasteiger charge is -2.19. The summed E-state index contributed by atoms with van der Waals surface area (Å²) < 4.78 is 5.12. The fourth-order valence-corrected chi connectivity index (χ4v) is 3.46. The van der Waals surface area contributed by atoms with Crippen molar-refractivity contribution in [2.75, 3.05) is 6.54 Å². The van der Waals surface area contributed by atoms with Crippen LogP contribution in [0.25, 0.3) is 11.1 Å². The molecule has 0 heterocycles. The number of nitrogens with one attached hydrogen (secondary N) is 1. The Kier molecular flexibility index (Phi) is 8.49. The summed E-state index contributed by atoms with van der Waals surface area (Å²) in [5.74, 6) is -1.86. The molecule has 3 aromatic carbocycles. The van der Waals surface area contributed by atoms with Gasteiger partial charge in [0, 0.05) is 13.0 Å². The number of hydrogen-bond donors (Lipinski definition) is 2. The van der Waals surface area contributed by atoms with Crippen molar-refractivity contribution in [1.29, 1.82) is 0 Å². The first-order valence-electron chi connectivity index (χ1n) is 10.9. The fraction of sp³-hybridized carbons (Fsp3) is 0.222. The molecule has 0 unspecified atom stereocenters. The summed E-state index contributed by atoms with van der Waals surface area (Å²) >= 11 is 0. The molecule has 0 saturated heterocycles.